The van der Waals surface area contributed by atoms with E-state index >= 15 is 0 Å². The van der Waals surface area contributed by atoms with Gasteiger partial charge in [0.25, 0.3) is 5.69 Å². The van der Waals surface area contributed by atoms with E-state index in [1.165, 1.54) is 6.07 Å². The lowest BCUT2D eigenvalue weighted by Gasteiger charge is -2.10. The van der Waals surface area contributed by atoms with Crippen molar-refractivity contribution in [2.75, 3.05) is 5.32 Å². The van der Waals surface area contributed by atoms with Crippen molar-refractivity contribution in [1.29, 1.82) is 5.26 Å². The molecule has 0 spiro atoms. The third-order valence-corrected chi connectivity index (χ3v) is 2.10. The number of hydrogen-bond donors (Lipinski definition) is 1. The standard InChI is InChI=1S/C10H5F4N3O3/c11-6-4-7(16-9(18)1-2-15)8(17(19)20)3-5(6)10(12,13)14/h3-4H,1H2,(H,16,18). The number of nitrogens with one attached hydrogen (secondary N) is 1. The minimum atomic E-state index is -5.11. The maximum Gasteiger partial charge on any atom is 0.419 e. The molecule has 1 aromatic carbocycles. The van der Waals surface area contributed by atoms with Crippen LogP contribution in [0, 0.1) is 27.3 Å². The Labute approximate surface area is 108 Å². The summed E-state index contributed by atoms with van der Waals surface area (Å²) in [5, 5.41) is 20.7. The summed E-state index contributed by atoms with van der Waals surface area (Å²) >= 11 is 0. The van der Waals surface area contributed by atoms with Crippen molar-refractivity contribution in [3.63, 3.8) is 0 Å². The number of benzene rings is 1. The van der Waals surface area contributed by atoms with E-state index in [1.807, 2.05) is 0 Å². The van der Waals surface area contributed by atoms with Crippen LogP contribution in [0.2, 0.25) is 0 Å². The third kappa shape index (κ3) is 3.41. The average Bonchev–Trinajstić information content (AvgIpc) is 2.26. The summed E-state index contributed by atoms with van der Waals surface area (Å²) in [5.74, 6) is -2.77. The SMILES string of the molecule is N#CCC(=O)Nc1cc(F)c(C(F)(F)F)cc1[N+](=O)[O-]. The lowest BCUT2D eigenvalue weighted by molar-refractivity contribution is -0.384. The van der Waals surface area contributed by atoms with Crippen LogP contribution >= 0.6 is 0 Å². The number of rotatable bonds is 3. The van der Waals surface area contributed by atoms with Gasteiger partial charge >= 0.3 is 6.18 Å². The predicted molar refractivity (Wildman–Crippen MR) is 56.9 cm³/mol. The highest BCUT2D eigenvalue weighted by Gasteiger charge is 2.37. The molecule has 0 saturated carbocycles. The Kier molecular flexibility index (Phi) is 4.24. The minimum Gasteiger partial charge on any atom is -0.319 e. The normalized spacial score (nSPS) is 10.8. The van der Waals surface area contributed by atoms with Crippen molar-refractivity contribution in [2.45, 2.75) is 12.6 Å². The number of anilines is 1. The molecule has 1 N–H and O–H groups in total. The molecular formula is C10H5F4N3O3. The highest BCUT2D eigenvalue weighted by molar-refractivity contribution is 5.94. The van der Waals surface area contributed by atoms with Crippen LogP contribution in [0.5, 0.6) is 0 Å². The van der Waals surface area contributed by atoms with Crippen LogP contribution in [-0.2, 0) is 11.0 Å². The number of nitrogens with zero attached hydrogens (tertiary/aromatic N) is 2. The fourth-order valence-electron chi connectivity index (χ4n) is 1.30. The number of carbonyl (C=O) groups excluding carboxylic acids is 1. The van der Waals surface area contributed by atoms with Crippen molar-refractivity contribution in [2.24, 2.45) is 0 Å². The van der Waals surface area contributed by atoms with Crippen LogP contribution in [-0.4, -0.2) is 10.8 Å². The molecule has 0 unspecified atom stereocenters. The van der Waals surface area contributed by atoms with Gasteiger partial charge in [-0.15, -0.1) is 0 Å². The van der Waals surface area contributed by atoms with Gasteiger partial charge in [0.2, 0.25) is 5.91 Å². The van der Waals surface area contributed by atoms with Crippen LogP contribution in [0.1, 0.15) is 12.0 Å². The number of carbonyl (C=O) groups is 1. The molecule has 1 aromatic rings. The third-order valence-electron chi connectivity index (χ3n) is 2.10. The quantitative estimate of drug-likeness (QED) is 0.526. The predicted octanol–water partition coefficient (Wildman–Crippen LogP) is 2.60. The first-order valence-corrected chi connectivity index (χ1v) is 4.88. The first-order valence-electron chi connectivity index (χ1n) is 4.88. The number of nitro benzene ring substituents is 1. The zero-order chi connectivity index (χ0) is 15.5. The fraction of sp³-hybridized carbons (Fsp3) is 0.200. The van der Waals surface area contributed by atoms with Crippen LogP contribution in [0.3, 0.4) is 0 Å². The Morgan fingerprint density at radius 2 is 2.05 bits per heavy atom. The molecule has 1 rings (SSSR count). The molecule has 0 aromatic heterocycles. The smallest absolute Gasteiger partial charge is 0.319 e. The van der Waals surface area contributed by atoms with E-state index in [0.717, 1.165) is 0 Å². The number of amides is 1. The highest BCUT2D eigenvalue weighted by Crippen LogP contribution is 2.37. The summed E-state index contributed by atoms with van der Waals surface area (Å²) in [6, 6.07) is 1.61. The highest BCUT2D eigenvalue weighted by atomic mass is 19.4. The van der Waals surface area contributed by atoms with Crippen LogP contribution in [0.15, 0.2) is 12.1 Å². The maximum atomic E-state index is 13.3. The molecule has 0 bridgehead atoms. The molecule has 0 aliphatic heterocycles. The molecule has 6 nitrogen and oxygen atoms in total. The van der Waals surface area contributed by atoms with Gasteiger partial charge in [-0.25, -0.2) is 4.39 Å². The number of nitriles is 1. The Morgan fingerprint density at radius 1 is 1.45 bits per heavy atom. The summed E-state index contributed by atoms with van der Waals surface area (Å²) in [6.45, 7) is 0. The summed E-state index contributed by atoms with van der Waals surface area (Å²) in [7, 11) is 0. The number of hydrogen-bond acceptors (Lipinski definition) is 4. The van der Waals surface area contributed by atoms with E-state index < -0.39 is 46.2 Å². The van der Waals surface area contributed by atoms with Crippen molar-refractivity contribution < 1.29 is 27.3 Å². The Morgan fingerprint density at radius 3 is 2.50 bits per heavy atom. The lowest BCUT2D eigenvalue weighted by Crippen LogP contribution is -2.14. The molecule has 10 heteroatoms. The number of nitro groups is 1. The summed E-state index contributed by atoms with van der Waals surface area (Å²) < 4.78 is 50.5. The summed E-state index contributed by atoms with van der Waals surface area (Å²) in [4.78, 5) is 20.5. The molecule has 0 atom stereocenters. The minimum absolute atomic E-state index is 0.0165. The summed E-state index contributed by atoms with van der Waals surface area (Å²) in [6.07, 6.45) is -5.79. The monoisotopic (exact) mass is 291 g/mol. The van der Waals surface area contributed by atoms with E-state index in [0.29, 0.717) is 0 Å². The average molecular weight is 291 g/mol. The van der Waals surface area contributed by atoms with Crippen LogP contribution in [0.4, 0.5) is 28.9 Å². The van der Waals surface area contributed by atoms with E-state index in [-0.39, 0.29) is 12.1 Å². The van der Waals surface area contributed by atoms with E-state index in [1.54, 1.807) is 5.32 Å². The Bertz CT molecular complexity index is 607. The molecule has 0 heterocycles. The van der Waals surface area contributed by atoms with Gasteiger partial charge in [-0.05, 0) is 0 Å². The van der Waals surface area contributed by atoms with E-state index in [9.17, 15) is 32.5 Å². The Balaban J connectivity index is 3.33. The zero-order valence-electron chi connectivity index (χ0n) is 9.49. The first kappa shape index (κ1) is 15.4. The number of halogens is 4. The van der Waals surface area contributed by atoms with E-state index in [2.05, 4.69) is 0 Å². The second-order valence-electron chi connectivity index (χ2n) is 3.49. The van der Waals surface area contributed by atoms with Gasteiger partial charge in [-0.3, -0.25) is 14.9 Å². The molecular weight excluding hydrogens is 286 g/mol. The van der Waals surface area contributed by atoms with Crippen molar-refractivity contribution in [3.8, 4) is 6.07 Å². The molecule has 0 fully saturated rings. The number of alkyl halides is 3. The second kappa shape index (κ2) is 5.52. The van der Waals surface area contributed by atoms with Gasteiger partial charge in [0.1, 0.15) is 17.9 Å². The van der Waals surface area contributed by atoms with Gasteiger partial charge in [-0.1, -0.05) is 0 Å². The van der Waals surface area contributed by atoms with Crippen molar-refractivity contribution >= 4 is 17.3 Å². The maximum absolute atomic E-state index is 13.3. The fourth-order valence-corrected chi connectivity index (χ4v) is 1.30. The topological polar surface area (TPSA) is 96.0 Å². The Hall–Kier alpha value is -2.70. The first-order chi connectivity index (χ1) is 9.16. The molecule has 0 saturated heterocycles. The molecule has 0 radical (unpaired) electrons. The molecule has 0 aliphatic carbocycles. The summed E-state index contributed by atoms with van der Waals surface area (Å²) in [5.41, 5.74) is -3.69. The largest absolute Gasteiger partial charge is 0.419 e. The van der Waals surface area contributed by atoms with Gasteiger partial charge in [0.15, 0.2) is 0 Å². The second-order valence-corrected chi connectivity index (χ2v) is 3.49. The van der Waals surface area contributed by atoms with Gasteiger partial charge in [0, 0.05) is 12.1 Å². The zero-order valence-corrected chi connectivity index (χ0v) is 9.49. The van der Waals surface area contributed by atoms with Crippen LogP contribution in [0.25, 0.3) is 0 Å². The van der Waals surface area contributed by atoms with Crippen LogP contribution < -0.4 is 5.32 Å². The lowest BCUT2D eigenvalue weighted by atomic mass is 10.1. The van der Waals surface area contributed by atoms with Gasteiger partial charge < -0.3 is 5.32 Å². The molecule has 0 aliphatic rings. The molecule has 106 valence electrons. The molecule has 1 amide bonds. The van der Waals surface area contributed by atoms with Crippen molar-refractivity contribution in [3.05, 3.63) is 33.6 Å². The molecule has 20 heavy (non-hydrogen) atoms. The van der Waals surface area contributed by atoms with Gasteiger partial charge in [-0.2, -0.15) is 18.4 Å². The van der Waals surface area contributed by atoms with Crippen molar-refractivity contribution in [1.82, 2.24) is 0 Å². The van der Waals surface area contributed by atoms with Gasteiger partial charge in [0.05, 0.1) is 16.6 Å². The van der Waals surface area contributed by atoms with E-state index in [4.69, 9.17) is 5.26 Å².